The Morgan fingerprint density at radius 3 is 3.06 bits per heavy atom. The first kappa shape index (κ1) is 10.8. The van der Waals surface area contributed by atoms with E-state index in [4.69, 9.17) is 4.42 Å². The van der Waals surface area contributed by atoms with Crippen molar-refractivity contribution in [1.29, 1.82) is 0 Å². The second-order valence-electron chi connectivity index (χ2n) is 5.08. The molecule has 0 bridgehead atoms. The number of hydrogen-bond donors (Lipinski definition) is 1. The summed E-state index contributed by atoms with van der Waals surface area (Å²) in [4.78, 5) is 0. The lowest BCUT2D eigenvalue weighted by Gasteiger charge is -2.23. The zero-order valence-electron chi connectivity index (χ0n) is 10.3. The van der Waals surface area contributed by atoms with E-state index in [1.807, 2.05) is 6.92 Å². The second kappa shape index (κ2) is 4.53. The minimum atomic E-state index is 0.661. The van der Waals surface area contributed by atoms with Crippen molar-refractivity contribution in [3.05, 3.63) is 35.6 Å². The van der Waals surface area contributed by atoms with Crippen molar-refractivity contribution >= 4 is 11.0 Å². The third-order valence-corrected chi connectivity index (χ3v) is 3.60. The summed E-state index contributed by atoms with van der Waals surface area (Å²) in [7, 11) is 0. The fraction of sp³-hybridized carbons (Fsp3) is 0.467. The van der Waals surface area contributed by atoms with Gasteiger partial charge in [0.15, 0.2) is 0 Å². The highest BCUT2D eigenvalue weighted by Crippen LogP contribution is 2.21. The highest BCUT2D eigenvalue weighted by molar-refractivity contribution is 5.78. The van der Waals surface area contributed by atoms with Crippen molar-refractivity contribution in [3.8, 4) is 0 Å². The number of rotatable bonds is 2. The van der Waals surface area contributed by atoms with E-state index in [-0.39, 0.29) is 0 Å². The molecule has 0 saturated carbocycles. The second-order valence-corrected chi connectivity index (χ2v) is 5.08. The average molecular weight is 229 g/mol. The van der Waals surface area contributed by atoms with Crippen molar-refractivity contribution in [2.24, 2.45) is 0 Å². The van der Waals surface area contributed by atoms with E-state index in [1.165, 1.54) is 36.8 Å². The summed E-state index contributed by atoms with van der Waals surface area (Å²) in [6.45, 7) is 3.18. The number of hydrogen-bond acceptors (Lipinski definition) is 2. The summed E-state index contributed by atoms with van der Waals surface area (Å²) in [5.41, 5.74) is 2.42. The number of nitrogens with one attached hydrogen (secondary N) is 1. The molecule has 1 aromatic carbocycles. The molecule has 2 heteroatoms. The quantitative estimate of drug-likeness (QED) is 0.853. The van der Waals surface area contributed by atoms with E-state index in [1.54, 1.807) is 0 Å². The van der Waals surface area contributed by atoms with Crippen molar-refractivity contribution in [3.63, 3.8) is 0 Å². The molecule has 1 saturated heterocycles. The minimum absolute atomic E-state index is 0.661. The molecular formula is C15H19NO. The van der Waals surface area contributed by atoms with Crippen LogP contribution in [0.2, 0.25) is 0 Å². The molecule has 90 valence electrons. The van der Waals surface area contributed by atoms with Gasteiger partial charge in [-0.1, -0.05) is 12.5 Å². The first-order chi connectivity index (χ1) is 8.31. The molecule has 2 nitrogen and oxygen atoms in total. The predicted molar refractivity (Wildman–Crippen MR) is 70.3 cm³/mol. The molecule has 0 aliphatic carbocycles. The lowest BCUT2D eigenvalue weighted by molar-refractivity contribution is 0.399. The van der Waals surface area contributed by atoms with Crippen LogP contribution in [0, 0.1) is 6.92 Å². The molecule has 1 atom stereocenters. The Bertz CT molecular complexity index is 509. The molecule has 2 heterocycles. The molecule has 17 heavy (non-hydrogen) atoms. The van der Waals surface area contributed by atoms with E-state index in [0.29, 0.717) is 6.04 Å². The van der Waals surface area contributed by atoms with Crippen LogP contribution in [0.15, 0.2) is 28.7 Å². The lowest BCUT2D eigenvalue weighted by Crippen LogP contribution is -2.35. The topological polar surface area (TPSA) is 25.2 Å². The molecule has 0 amide bonds. The van der Waals surface area contributed by atoms with Crippen LogP contribution in [0.5, 0.6) is 0 Å². The summed E-state index contributed by atoms with van der Waals surface area (Å²) >= 11 is 0. The molecule has 1 fully saturated rings. The van der Waals surface area contributed by atoms with Crippen LogP contribution in [-0.2, 0) is 6.42 Å². The molecule has 2 aromatic rings. The molecule has 1 aliphatic rings. The molecule has 0 radical (unpaired) electrons. The van der Waals surface area contributed by atoms with Crippen molar-refractivity contribution in [2.45, 2.75) is 38.6 Å². The summed E-state index contributed by atoms with van der Waals surface area (Å²) in [6.07, 6.45) is 5.14. The van der Waals surface area contributed by atoms with Gasteiger partial charge < -0.3 is 9.73 Å². The van der Waals surface area contributed by atoms with E-state index in [0.717, 1.165) is 17.8 Å². The summed E-state index contributed by atoms with van der Waals surface area (Å²) in [5.74, 6) is 0.993. The fourth-order valence-corrected chi connectivity index (χ4v) is 2.74. The van der Waals surface area contributed by atoms with Crippen LogP contribution in [0.25, 0.3) is 11.0 Å². The Morgan fingerprint density at radius 2 is 2.24 bits per heavy atom. The Morgan fingerprint density at radius 1 is 1.29 bits per heavy atom. The van der Waals surface area contributed by atoms with Crippen molar-refractivity contribution in [1.82, 2.24) is 5.32 Å². The Kier molecular flexibility index (Phi) is 2.89. The third kappa shape index (κ3) is 2.37. The van der Waals surface area contributed by atoms with Crippen LogP contribution >= 0.6 is 0 Å². The number of aryl methyl sites for hydroxylation is 1. The zero-order chi connectivity index (χ0) is 11.7. The van der Waals surface area contributed by atoms with E-state index < -0.39 is 0 Å². The van der Waals surface area contributed by atoms with Gasteiger partial charge in [0.25, 0.3) is 0 Å². The summed E-state index contributed by atoms with van der Waals surface area (Å²) in [5, 5.41) is 4.83. The largest absolute Gasteiger partial charge is 0.461 e. The van der Waals surface area contributed by atoms with Crippen LogP contribution in [0.3, 0.4) is 0 Å². The molecule has 1 aliphatic heterocycles. The smallest absolute Gasteiger partial charge is 0.134 e. The predicted octanol–water partition coefficient (Wildman–Crippen LogP) is 3.43. The van der Waals surface area contributed by atoms with Gasteiger partial charge in [0.05, 0.1) is 0 Å². The lowest BCUT2D eigenvalue weighted by atomic mass is 9.97. The van der Waals surface area contributed by atoms with Crippen LogP contribution in [0.4, 0.5) is 0 Å². The SMILES string of the molecule is Cc1cc2cc(CC3CCCCN3)ccc2o1. The van der Waals surface area contributed by atoms with Crippen LogP contribution in [0.1, 0.15) is 30.6 Å². The molecule has 1 aromatic heterocycles. The number of benzene rings is 1. The maximum atomic E-state index is 5.60. The van der Waals surface area contributed by atoms with Gasteiger partial charge in [0, 0.05) is 11.4 Å². The van der Waals surface area contributed by atoms with Gasteiger partial charge >= 0.3 is 0 Å². The van der Waals surface area contributed by atoms with E-state index in [9.17, 15) is 0 Å². The van der Waals surface area contributed by atoms with Crippen molar-refractivity contribution < 1.29 is 4.42 Å². The highest BCUT2D eigenvalue weighted by atomic mass is 16.3. The van der Waals surface area contributed by atoms with E-state index >= 15 is 0 Å². The Balaban J connectivity index is 1.79. The van der Waals surface area contributed by atoms with Crippen LogP contribution in [-0.4, -0.2) is 12.6 Å². The first-order valence-electron chi connectivity index (χ1n) is 6.54. The fourth-order valence-electron chi connectivity index (χ4n) is 2.74. The molecular weight excluding hydrogens is 210 g/mol. The van der Waals surface area contributed by atoms with Gasteiger partial charge in [-0.15, -0.1) is 0 Å². The average Bonchev–Trinajstić information content (AvgIpc) is 2.70. The maximum Gasteiger partial charge on any atom is 0.134 e. The number of piperidine rings is 1. The minimum Gasteiger partial charge on any atom is -0.461 e. The maximum absolute atomic E-state index is 5.60. The Labute approximate surface area is 102 Å². The molecule has 3 rings (SSSR count). The van der Waals surface area contributed by atoms with Gasteiger partial charge in [0.1, 0.15) is 11.3 Å². The van der Waals surface area contributed by atoms with Gasteiger partial charge in [0.2, 0.25) is 0 Å². The summed E-state index contributed by atoms with van der Waals surface area (Å²) in [6, 6.07) is 9.34. The van der Waals surface area contributed by atoms with E-state index in [2.05, 4.69) is 29.6 Å². The number of furan rings is 1. The van der Waals surface area contributed by atoms with Gasteiger partial charge in [-0.05, 0) is 56.5 Å². The summed E-state index contributed by atoms with van der Waals surface area (Å²) < 4.78 is 5.60. The molecule has 1 N–H and O–H groups in total. The zero-order valence-corrected chi connectivity index (χ0v) is 10.3. The standard InChI is InChI=1S/C15H19NO/c1-11-8-13-9-12(5-6-15(13)17-11)10-14-4-2-3-7-16-14/h5-6,8-9,14,16H,2-4,7,10H2,1H3. The molecule has 1 unspecified atom stereocenters. The third-order valence-electron chi connectivity index (χ3n) is 3.60. The Hall–Kier alpha value is -1.28. The first-order valence-corrected chi connectivity index (χ1v) is 6.54. The van der Waals surface area contributed by atoms with Gasteiger partial charge in [-0.2, -0.15) is 0 Å². The monoisotopic (exact) mass is 229 g/mol. The normalized spacial score (nSPS) is 20.9. The van der Waals surface area contributed by atoms with Gasteiger partial charge in [-0.25, -0.2) is 0 Å². The number of fused-ring (bicyclic) bond motifs is 1. The molecule has 0 spiro atoms. The van der Waals surface area contributed by atoms with Gasteiger partial charge in [-0.3, -0.25) is 0 Å². The highest BCUT2D eigenvalue weighted by Gasteiger charge is 2.13. The van der Waals surface area contributed by atoms with Crippen molar-refractivity contribution in [2.75, 3.05) is 6.54 Å². The van der Waals surface area contributed by atoms with Crippen LogP contribution < -0.4 is 5.32 Å².